The van der Waals surface area contributed by atoms with Gasteiger partial charge in [-0.15, -0.1) is 5.10 Å². The van der Waals surface area contributed by atoms with Crippen molar-refractivity contribution in [2.45, 2.75) is 19.4 Å². The van der Waals surface area contributed by atoms with Gasteiger partial charge in [0.05, 0.1) is 19.3 Å². The third-order valence-electron chi connectivity index (χ3n) is 5.75. The maximum atomic E-state index is 13.2. The molecule has 0 spiro atoms. The Morgan fingerprint density at radius 1 is 1.17 bits per heavy atom. The number of hydrogen-bond donors (Lipinski definition) is 0. The Bertz CT molecular complexity index is 1290. The van der Waals surface area contributed by atoms with Crippen LogP contribution in [0.25, 0.3) is 21.7 Å². The first kappa shape index (κ1) is 18.4. The molecule has 1 amide bonds. The van der Waals surface area contributed by atoms with Crippen LogP contribution in [0.1, 0.15) is 39.1 Å². The topological polar surface area (TPSA) is 90.5 Å². The Hall–Kier alpha value is -3.68. The second-order valence-corrected chi connectivity index (χ2v) is 7.49. The first-order chi connectivity index (χ1) is 14.6. The number of amides is 1. The van der Waals surface area contributed by atoms with Gasteiger partial charge in [0.25, 0.3) is 5.91 Å². The Balaban J connectivity index is 1.42. The van der Waals surface area contributed by atoms with Gasteiger partial charge in [0, 0.05) is 29.4 Å². The van der Waals surface area contributed by atoms with Gasteiger partial charge in [-0.05, 0) is 18.7 Å². The quantitative estimate of drug-likeness (QED) is 0.487. The van der Waals surface area contributed by atoms with E-state index in [0.717, 1.165) is 33.7 Å². The molecule has 30 heavy (non-hydrogen) atoms. The number of likely N-dealkylation sites (tertiary alicyclic amines) is 1. The lowest BCUT2D eigenvalue weighted by Crippen LogP contribution is -2.29. The number of nitrogens with zero attached hydrogens (tertiary/aromatic N) is 4. The molecule has 3 heterocycles. The van der Waals surface area contributed by atoms with Crippen LogP contribution in [0.2, 0.25) is 0 Å². The van der Waals surface area contributed by atoms with Crippen molar-refractivity contribution in [2.75, 3.05) is 20.2 Å². The summed E-state index contributed by atoms with van der Waals surface area (Å²) in [6, 6.07) is 12.0. The summed E-state index contributed by atoms with van der Waals surface area (Å²) in [6.07, 6.45) is 2.28. The molecule has 1 aliphatic heterocycles. The lowest BCUT2D eigenvalue weighted by molar-refractivity contribution is 0.0593. The summed E-state index contributed by atoms with van der Waals surface area (Å²) < 4.78 is 12.4. The van der Waals surface area contributed by atoms with Crippen molar-refractivity contribution in [2.24, 2.45) is 0 Å². The molecule has 0 N–H and O–H groups in total. The van der Waals surface area contributed by atoms with E-state index >= 15 is 0 Å². The molecule has 0 radical (unpaired) electrons. The van der Waals surface area contributed by atoms with E-state index in [4.69, 9.17) is 4.42 Å². The van der Waals surface area contributed by atoms with Crippen molar-refractivity contribution in [3.05, 3.63) is 59.6 Å². The van der Waals surface area contributed by atoms with Gasteiger partial charge in [-0.1, -0.05) is 41.6 Å². The summed E-state index contributed by atoms with van der Waals surface area (Å²) in [5.74, 6) is -0.295. The lowest BCUT2D eigenvalue weighted by Gasteiger charge is -2.15. The van der Waals surface area contributed by atoms with E-state index in [1.54, 1.807) is 15.8 Å². The van der Waals surface area contributed by atoms with Gasteiger partial charge in [-0.3, -0.25) is 4.79 Å². The van der Waals surface area contributed by atoms with Crippen LogP contribution in [0.4, 0.5) is 0 Å². The summed E-state index contributed by atoms with van der Waals surface area (Å²) in [7, 11) is 1.30. The number of aromatic nitrogens is 3. The number of ether oxygens (including phenoxy) is 1. The van der Waals surface area contributed by atoms with E-state index in [2.05, 4.69) is 15.0 Å². The van der Waals surface area contributed by atoms with E-state index in [-0.39, 0.29) is 17.6 Å². The fourth-order valence-corrected chi connectivity index (χ4v) is 4.09. The van der Waals surface area contributed by atoms with Gasteiger partial charge >= 0.3 is 5.97 Å². The average molecular weight is 404 g/mol. The van der Waals surface area contributed by atoms with E-state index < -0.39 is 5.97 Å². The van der Waals surface area contributed by atoms with E-state index in [9.17, 15) is 9.59 Å². The molecule has 1 saturated heterocycles. The molecular weight excluding hydrogens is 384 g/mol. The van der Waals surface area contributed by atoms with Gasteiger partial charge in [-0.2, -0.15) is 0 Å². The lowest BCUT2D eigenvalue weighted by atomic mass is 10.1. The largest absolute Gasteiger partial charge is 0.464 e. The molecule has 1 atom stereocenters. The Morgan fingerprint density at radius 3 is 2.83 bits per heavy atom. The highest BCUT2D eigenvalue weighted by Gasteiger charge is 2.32. The number of carbonyl (C=O) groups excluding carboxylic acids is 2. The van der Waals surface area contributed by atoms with Crippen LogP contribution in [0, 0.1) is 6.92 Å². The maximum absolute atomic E-state index is 13.2. The highest BCUT2D eigenvalue weighted by atomic mass is 16.5. The Labute approximate surface area is 172 Å². The van der Waals surface area contributed by atoms with Crippen LogP contribution in [0.15, 0.2) is 47.0 Å². The molecule has 1 fully saturated rings. The number of rotatable bonds is 3. The van der Waals surface area contributed by atoms with Crippen molar-refractivity contribution in [3.63, 3.8) is 0 Å². The molecule has 2 aromatic carbocycles. The van der Waals surface area contributed by atoms with Gasteiger partial charge in [0.15, 0.2) is 11.5 Å². The van der Waals surface area contributed by atoms with Crippen molar-refractivity contribution < 1.29 is 18.7 Å². The normalized spacial score (nSPS) is 16.5. The van der Waals surface area contributed by atoms with Crippen LogP contribution >= 0.6 is 0 Å². The molecule has 5 rings (SSSR count). The number of benzene rings is 2. The molecule has 152 valence electrons. The second-order valence-electron chi connectivity index (χ2n) is 7.49. The minimum absolute atomic E-state index is 0.0506. The molecule has 0 bridgehead atoms. The number of methoxy groups -OCH3 is 1. The van der Waals surface area contributed by atoms with Crippen molar-refractivity contribution in [1.82, 2.24) is 19.9 Å². The molecule has 0 aliphatic carbocycles. The maximum Gasteiger partial charge on any atom is 0.360 e. The first-order valence-electron chi connectivity index (χ1n) is 9.77. The fraction of sp³-hybridized carbons (Fsp3) is 0.273. The monoisotopic (exact) mass is 404 g/mol. The van der Waals surface area contributed by atoms with Gasteiger partial charge < -0.3 is 14.1 Å². The van der Waals surface area contributed by atoms with Crippen LogP contribution < -0.4 is 0 Å². The van der Waals surface area contributed by atoms with Crippen LogP contribution in [0.5, 0.6) is 0 Å². The van der Waals surface area contributed by atoms with Crippen molar-refractivity contribution >= 4 is 33.6 Å². The molecular formula is C22H20N4O4. The SMILES string of the molecule is COC(=O)c1cn(C2CCN(C(=O)c3oc4c(ccc5ccccc54)c3C)C2)nn1. The van der Waals surface area contributed by atoms with Crippen LogP contribution in [-0.2, 0) is 4.74 Å². The smallest absolute Gasteiger partial charge is 0.360 e. The molecule has 1 aliphatic rings. The Kier molecular flexibility index (Phi) is 4.27. The third kappa shape index (κ3) is 2.83. The molecule has 0 saturated carbocycles. The number of esters is 1. The zero-order valence-electron chi connectivity index (χ0n) is 16.7. The zero-order chi connectivity index (χ0) is 20.8. The number of furan rings is 1. The van der Waals surface area contributed by atoms with Gasteiger partial charge in [0.2, 0.25) is 0 Å². The van der Waals surface area contributed by atoms with E-state index in [1.807, 2.05) is 43.3 Å². The summed E-state index contributed by atoms with van der Waals surface area (Å²) in [6.45, 7) is 2.97. The predicted octanol–water partition coefficient (Wildman–Crippen LogP) is 3.36. The Morgan fingerprint density at radius 2 is 2.00 bits per heavy atom. The standard InChI is InChI=1S/C22H20N4O4/c1-13-16-8-7-14-5-3-4-6-17(14)20(16)30-19(13)21(27)25-10-9-15(11-25)26-12-18(23-24-26)22(28)29-2/h3-8,12,15H,9-11H2,1-2H3. The van der Waals surface area contributed by atoms with Crippen LogP contribution in [-0.4, -0.2) is 52.0 Å². The van der Waals surface area contributed by atoms with Crippen molar-refractivity contribution in [3.8, 4) is 0 Å². The molecule has 2 aromatic heterocycles. The molecule has 1 unspecified atom stereocenters. The second kappa shape index (κ2) is 6.98. The number of carbonyl (C=O) groups is 2. The summed E-state index contributed by atoms with van der Waals surface area (Å²) in [5.41, 5.74) is 1.74. The zero-order valence-corrected chi connectivity index (χ0v) is 16.7. The highest BCUT2D eigenvalue weighted by Crippen LogP contribution is 2.33. The fourth-order valence-electron chi connectivity index (χ4n) is 4.09. The summed E-state index contributed by atoms with van der Waals surface area (Å²) in [5, 5.41) is 10.9. The average Bonchev–Trinajstić information content (AvgIpc) is 3.51. The minimum atomic E-state index is -0.530. The first-order valence-corrected chi connectivity index (χ1v) is 9.77. The van der Waals surface area contributed by atoms with Crippen LogP contribution in [0.3, 0.4) is 0 Å². The highest BCUT2D eigenvalue weighted by molar-refractivity contribution is 6.08. The number of hydrogen-bond acceptors (Lipinski definition) is 6. The van der Waals surface area contributed by atoms with E-state index in [1.165, 1.54) is 7.11 Å². The number of fused-ring (bicyclic) bond motifs is 3. The van der Waals surface area contributed by atoms with Crippen molar-refractivity contribution in [1.29, 1.82) is 0 Å². The molecule has 8 heteroatoms. The summed E-state index contributed by atoms with van der Waals surface area (Å²) in [4.78, 5) is 26.6. The number of aryl methyl sites for hydroxylation is 1. The molecule has 8 nitrogen and oxygen atoms in total. The van der Waals surface area contributed by atoms with E-state index in [0.29, 0.717) is 18.8 Å². The molecule has 4 aromatic rings. The summed E-state index contributed by atoms with van der Waals surface area (Å²) >= 11 is 0. The minimum Gasteiger partial charge on any atom is -0.464 e. The third-order valence-corrected chi connectivity index (χ3v) is 5.75. The van der Waals surface area contributed by atoms with Gasteiger partial charge in [0.1, 0.15) is 5.58 Å². The predicted molar refractivity (Wildman–Crippen MR) is 109 cm³/mol. The van der Waals surface area contributed by atoms with Gasteiger partial charge in [-0.25, -0.2) is 9.48 Å².